The second kappa shape index (κ2) is 5.88. The van der Waals surface area contributed by atoms with Crippen LogP contribution in [0.2, 0.25) is 0 Å². The van der Waals surface area contributed by atoms with Crippen LogP contribution in [0.1, 0.15) is 36.0 Å². The maximum absolute atomic E-state index is 11.1. The number of nitrogens with zero attached hydrogens (tertiary/aromatic N) is 2. The Hall–Kier alpha value is -1.82. The van der Waals surface area contributed by atoms with Gasteiger partial charge in [-0.3, -0.25) is 0 Å². The summed E-state index contributed by atoms with van der Waals surface area (Å²) in [6.45, 7) is 0.417. The first-order valence-corrected chi connectivity index (χ1v) is 6.50. The number of aliphatic hydroxyl groups excluding tert-OH is 1. The number of nitrogens with two attached hydrogens (primary N) is 1. The molecule has 0 saturated heterocycles. The number of aromatic carboxylic acids is 1. The molecule has 19 heavy (non-hydrogen) atoms. The minimum Gasteiger partial charge on any atom is -0.478 e. The van der Waals surface area contributed by atoms with Crippen LogP contribution in [0.4, 0.5) is 11.5 Å². The molecule has 0 radical (unpaired) electrons. The molecule has 1 heterocycles. The van der Waals surface area contributed by atoms with Gasteiger partial charge >= 0.3 is 5.97 Å². The van der Waals surface area contributed by atoms with Gasteiger partial charge in [-0.2, -0.15) is 0 Å². The van der Waals surface area contributed by atoms with E-state index >= 15 is 0 Å². The summed E-state index contributed by atoms with van der Waals surface area (Å²) in [6, 6.07) is 1.68. The summed E-state index contributed by atoms with van der Waals surface area (Å²) in [7, 11) is 0. The number of aromatic nitrogens is 1. The van der Waals surface area contributed by atoms with E-state index in [1.54, 1.807) is 0 Å². The number of aliphatic hydroxyl groups is 1. The molecule has 1 saturated carbocycles. The molecular weight excluding hydrogens is 246 g/mol. The van der Waals surface area contributed by atoms with Crippen molar-refractivity contribution in [3.63, 3.8) is 0 Å². The monoisotopic (exact) mass is 265 g/mol. The Balaban J connectivity index is 2.35. The summed E-state index contributed by atoms with van der Waals surface area (Å²) in [5, 5.41) is 18.3. The molecule has 0 aliphatic heterocycles. The molecule has 6 nitrogen and oxygen atoms in total. The minimum atomic E-state index is -1.06. The van der Waals surface area contributed by atoms with Gasteiger partial charge in [0.25, 0.3) is 0 Å². The molecule has 1 aromatic heterocycles. The molecule has 1 aromatic rings. The van der Waals surface area contributed by atoms with Gasteiger partial charge in [0.15, 0.2) is 5.82 Å². The standard InChI is InChI=1S/C13H19N3O3/c14-11-10(13(18)19)5-6-15-12(11)16(7-8-17)9-3-1-2-4-9/h5-6,9,17H,1-4,7-8,14H2,(H,18,19). The topological polar surface area (TPSA) is 99.7 Å². The van der Waals surface area contributed by atoms with Gasteiger partial charge in [-0.25, -0.2) is 9.78 Å². The zero-order chi connectivity index (χ0) is 13.8. The number of nitrogen functional groups attached to an aromatic ring is 1. The molecule has 2 rings (SSSR count). The van der Waals surface area contributed by atoms with Crippen molar-refractivity contribution in [2.24, 2.45) is 0 Å². The second-order valence-corrected chi connectivity index (χ2v) is 4.76. The quantitative estimate of drug-likeness (QED) is 0.737. The number of carbonyl (C=O) groups is 1. The van der Waals surface area contributed by atoms with Crippen molar-refractivity contribution < 1.29 is 15.0 Å². The van der Waals surface area contributed by atoms with Crippen LogP contribution in [0.5, 0.6) is 0 Å². The summed E-state index contributed by atoms with van der Waals surface area (Å²) in [6.07, 6.45) is 5.79. The lowest BCUT2D eigenvalue weighted by Gasteiger charge is -2.30. The fraction of sp³-hybridized carbons (Fsp3) is 0.538. The van der Waals surface area contributed by atoms with Crippen molar-refractivity contribution in [1.82, 2.24) is 4.98 Å². The second-order valence-electron chi connectivity index (χ2n) is 4.76. The highest BCUT2D eigenvalue weighted by Crippen LogP contribution is 2.31. The minimum absolute atomic E-state index is 0.00504. The van der Waals surface area contributed by atoms with Crippen LogP contribution >= 0.6 is 0 Å². The van der Waals surface area contributed by atoms with E-state index in [4.69, 9.17) is 10.8 Å². The van der Waals surface area contributed by atoms with E-state index in [-0.39, 0.29) is 23.9 Å². The third-order valence-electron chi connectivity index (χ3n) is 3.58. The summed E-state index contributed by atoms with van der Waals surface area (Å²) in [5.41, 5.74) is 6.15. The van der Waals surface area contributed by atoms with E-state index in [1.807, 2.05) is 4.90 Å². The van der Waals surface area contributed by atoms with Crippen molar-refractivity contribution in [1.29, 1.82) is 0 Å². The average molecular weight is 265 g/mol. The first-order chi connectivity index (χ1) is 9.15. The van der Waals surface area contributed by atoms with Crippen LogP contribution in [0, 0.1) is 0 Å². The van der Waals surface area contributed by atoms with Crippen molar-refractivity contribution >= 4 is 17.5 Å². The zero-order valence-corrected chi connectivity index (χ0v) is 10.7. The van der Waals surface area contributed by atoms with Crippen LogP contribution in [0.15, 0.2) is 12.3 Å². The molecule has 1 aliphatic rings. The van der Waals surface area contributed by atoms with Crippen molar-refractivity contribution in [3.8, 4) is 0 Å². The van der Waals surface area contributed by atoms with Gasteiger partial charge in [0.2, 0.25) is 0 Å². The maximum Gasteiger partial charge on any atom is 0.337 e. The van der Waals surface area contributed by atoms with Gasteiger partial charge in [-0.1, -0.05) is 12.8 Å². The van der Waals surface area contributed by atoms with Gasteiger partial charge in [0.1, 0.15) is 0 Å². The van der Waals surface area contributed by atoms with E-state index in [0.29, 0.717) is 12.4 Å². The number of anilines is 2. The van der Waals surface area contributed by atoms with E-state index < -0.39 is 5.97 Å². The van der Waals surface area contributed by atoms with E-state index in [1.165, 1.54) is 12.3 Å². The highest BCUT2D eigenvalue weighted by Gasteiger charge is 2.26. The molecule has 0 amide bonds. The lowest BCUT2D eigenvalue weighted by Crippen LogP contribution is -2.37. The first kappa shape index (κ1) is 13.6. The predicted octanol–water partition coefficient (Wildman–Crippen LogP) is 1.10. The number of carboxylic acid groups (broad SMARTS) is 1. The fourth-order valence-corrected chi connectivity index (χ4v) is 2.66. The molecule has 6 heteroatoms. The smallest absolute Gasteiger partial charge is 0.337 e. The lowest BCUT2D eigenvalue weighted by atomic mass is 10.1. The molecule has 0 aromatic carbocycles. The summed E-state index contributed by atoms with van der Waals surface area (Å²) >= 11 is 0. The van der Waals surface area contributed by atoms with Crippen molar-refractivity contribution in [3.05, 3.63) is 17.8 Å². The Kier molecular flexibility index (Phi) is 4.21. The SMILES string of the molecule is Nc1c(C(=O)O)ccnc1N(CCO)C1CCCC1. The molecule has 104 valence electrons. The van der Waals surface area contributed by atoms with Gasteiger partial charge in [0.05, 0.1) is 17.9 Å². The normalized spacial score (nSPS) is 15.6. The number of rotatable bonds is 5. The van der Waals surface area contributed by atoms with Gasteiger partial charge in [-0.05, 0) is 18.9 Å². The van der Waals surface area contributed by atoms with Crippen LogP contribution in [0.25, 0.3) is 0 Å². The largest absolute Gasteiger partial charge is 0.478 e. The molecular formula is C13H19N3O3. The van der Waals surface area contributed by atoms with Gasteiger partial charge < -0.3 is 20.8 Å². The van der Waals surface area contributed by atoms with Crippen LogP contribution in [-0.2, 0) is 0 Å². The number of carboxylic acids is 1. The van der Waals surface area contributed by atoms with E-state index in [2.05, 4.69) is 4.98 Å². The Bertz CT molecular complexity index is 458. The number of hydrogen-bond acceptors (Lipinski definition) is 5. The van der Waals surface area contributed by atoms with Crippen LogP contribution in [0.3, 0.4) is 0 Å². The highest BCUT2D eigenvalue weighted by atomic mass is 16.4. The fourth-order valence-electron chi connectivity index (χ4n) is 2.66. The lowest BCUT2D eigenvalue weighted by molar-refractivity contribution is 0.0698. The highest BCUT2D eigenvalue weighted by molar-refractivity contribution is 5.96. The molecule has 1 aliphatic carbocycles. The summed E-state index contributed by atoms with van der Waals surface area (Å²) in [4.78, 5) is 17.3. The van der Waals surface area contributed by atoms with Crippen LogP contribution in [-0.4, -0.2) is 40.4 Å². The van der Waals surface area contributed by atoms with Crippen molar-refractivity contribution in [2.45, 2.75) is 31.7 Å². The Morgan fingerprint density at radius 2 is 2.16 bits per heavy atom. The van der Waals surface area contributed by atoms with Crippen molar-refractivity contribution in [2.75, 3.05) is 23.8 Å². The Morgan fingerprint density at radius 1 is 1.47 bits per heavy atom. The Morgan fingerprint density at radius 3 is 2.74 bits per heavy atom. The van der Waals surface area contributed by atoms with Crippen LogP contribution < -0.4 is 10.6 Å². The molecule has 4 N–H and O–H groups in total. The average Bonchev–Trinajstić information content (AvgIpc) is 2.90. The maximum atomic E-state index is 11.1. The van der Waals surface area contributed by atoms with E-state index in [9.17, 15) is 9.90 Å². The molecule has 0 atom stereocenters. The number of hydrogen-bond donors (Lipinski definition) is 3. The Labute approximate surface area is 111 Å². The first-order valence-electron chi connectivity index (χ1n) is 6.50. The molecule has 0 unspecified atom stereocenters. The summed E-state index contributed by atoms with van der Waals surface area (Å²) < 4.78 is 0. The van der Waals surface area contributed by atoms with Gasteiger partial charge in [0, 0.05) is 18.8 Å². The third-order valence-corrected chi connectivity index (χ3v) is 3.58. The van der Waals surface area contributed by atoms with E-state index in [0.717, 1.165) is 25.7 Å². The predicted molar refractivity (Wildman–Crippen MR) is 72.3 cm³/mol. The molecule has 0 spiro atoms. The molecule has 0 bridgehead atoms. The molecule has 1 fully saturated rings. The number of pyridine rings is 1. The third kappa shape index (κ3) is 2.78. The van der Waals surface area contributed by atoms with Gasteiger partial charge in [-0.15, -0.1) is 0 Å². The summed E-state index contributed by atoms with van der Waals surface area (Å²) in [5.74, 6) is -0.586. The zero-order valence-electron chi connectivity index (χ0n) is 10.7.